The molecule has 0 radical (unpaired) electrons. The number of sulfone groups is 1. The molecule has 0 aliphatic carbocycles. The van der Waals surface area contributed by atoms with Crippen LogP contribution in [0, 0.1) is 0 Å². The normalized spacial score (nSPS) is 13.4. The second-order valence-corrected chi connectivity index (χ2v) is 7.48. The zero-order valence-corrected chi connectivity index (χ0v) is 12.8. The number of pyridine rings is 1. The van der Waals surface area contributed by atoms with Crippen molar-refractivity contribution in [3.05, 3.63) is 42.1 Å². The summed E-state index contributed by atoms with van der Waals surface area (Å²) in [7, 11) is -3.16. The average molecular weight is 308 g/mol. The van der Waals surface area contributed by atoms with E-state index in [1.165, 1.54) is 0 Å². The summed E-state index contributed by atoms with van der Waals surface area (Å²) < 4.78 is 24.2. The van der Waals surface area contributed by atoms with Crippen molar-refractivity contribution in [3.63, 3.8) is 0 Å². The van der Waals surface area contributed by atoms with Gasteiger partial charge in [0.2, 0.25) is 0 Å². The number of aromatic nitrogens is 1. The predicted octanol–water partition coefficient (Wildman–Crippen LogP) is 2.30. The fourth-order valence-electron chi connectivity index (χ4n) is 2.20. The van der Waals surface area contributed by atoms with Crippen LogP contribution in [0.2, 0.25) is 0 Å². The molecule has 0 spiro atoms. The quantitative estimate of drug-likeness (QED) is 0.767. The molecule has 0 amide bonds. The van der Waals surface area contributed by atoms with Crippen LogP contribution in [0.15, 0.2) is 36.5 Å². The summed E-state index contributed by atoms with van der Waals surface area (Å²) in [6, 6.07) is 9.41. The van der Waals surface area contributed by atoms with Crippen molar-refractivity contribution in [2.24, 2.45) is 0 Å². The molecule has 5 nitrogen and oxygen atoms in total. The smallest absolute Gasteiger partial charge is 0.154 e. The fraction of sp³-hybridized carbons (Fsp3) is 0.400. The van der Waals surface area contributed by atoms with Crippen molar-refractivity contribution in [2.45, 2.75) is 31.6 Å². The zero-order chi connectivity index (χ0) is 15.3. The van der Waals surface area contributed by atoms with Crippen LogP contribution in [0.25, 0.3) is 10.9 Å². The Labute approximate surface area is 124 Å². The van der Waals surface area contributed by atoms with Gasteiger partial charge in [-0.15, -0.1) is 0 Å². The van der Waals surface area contributed by atoms with Crippen LogP contribution < -0.4 is 5.48 Å². The summed E-state index contributed by atoms with van der Waals surface area (Å²) in [5.74, 6) is 0.123. The molecule has 1 heterocycles. The van der Waals surface area contributed by atoms with Gasteiger partial charge in [0.1, 0.15) is 0 Å². The second-order valence-electron chi connectivity index (χ2n) is 5.30. The van der Waals surface area contributed by atoms with Crippen LogP contribution in [-0.4, -0.2) is 30.4 Å². The third kappa shape index (κ3) is 4.77. The first kappa shape index (κ1) is 15.9. The lowest BCUT2D eigenvalue weighted by Gasteiger charge is -2.09. The van der Waals surface area contributed by atoms with Gasteiger partial charge in [0, 0.05) is 17.6 Å². The number of hydrogen-bond donors (Lipinski definition) is 2. The Kier molecular flexibility index (Phi) is 5.27. The van der Waals surface area contributed by atoms with Gasteiger partial charge in [0.15, 0.2) is 9.84 Å². The van der Waals surface area contributed by atoms with E-state index in [1.807, 2.05) is 30.3 Å². The minimum Gasteiger partial charge on any atom is -0.317 e. The number of nitrogens with zero attached hydrogens (tertiary/aromatic N) is 1. The van der Waals surface area contributed by atoms with E-state index in [1.54, 1.807) is 13.1 Å². The van der Waals surface area contributed by atoms with Gasteiger partial charge in [-0.2, -0.15) is 0 Å². The first-order chi connectivity index (χ1) is 10.00. The molecule has 114 valence electrons. The summed E-state index contributed by atoms with van der Waals surface area (Å²) in [4.78, 5) is 4.28. The monoisotopic (exact) mass is 308 g/mol. The van der Waals surface area contributed by atoms with Gasteiger partial charge in [0.05, 0.1) is 17.0 Å². The molecular weight excluding hydrogens is 288 g/mol. The molecule has 2 aromatic rings. The van der Waals surface area contributed by atoms with Crippen molar-refractivity contribution >= 4 is 20.7 Å². The van der Waals surface area contributed by atoms with Crippen molar-refractivity contribution in [3.8, 4) is 0 Å². The fourth-order valence-corrected chi connectivity index (χ4v) is 3.61. The highest BCUT2D eigenvalue weighted by Gasteiger charge is 2.13. The van der Waals surface area contributed by atoms with E-state index in [0.717, 1.165) is 10.9 Å². The molecule has 0 fully saturated rings. The Morgan fingerprint density at radius 1 is 1.33 bits per heavy atom. The van der Waals surface area contributed by atoms with Crippen LogP contribution in [0.3, 0.4) is 0 Å². The Hall–Kier alpha value is -1.50. The van der Waals surface area contributed by atoms with Crippen LogP contribution in [0.5, 0.6) is 0 Å². The van der Waals surface area contributed by atoms with Crippen molar-refractivity contribution in [1.29, 1.82) is 0 Å². The standard InChI is InChI=1S/C15H20N2O3S/c1-12(17-18)5-4-8-21(19,20)11-13-9-14-6-2-3-7-15(14)16-10-13/h2-3,6-7,9-10,12,17-18H,4-5,8,11H2,1H3. The molecular formula is C15H20N2O3S. The van der Waals surface area contributed by atoms with Crippen LogP contribution in [0.1, 0.15) is 25.3 Å². The van der Waals surface area contributed by atoms with E-state index in [9.17, 15) is 8.42 Å². The molecule has 0 saturated heterocycles. The minimum absolute atomic E-state index is 0.00572. The number of benzene rings is 1. The average Bonchev–Trinajstić information content (AvgIpc) is 2.46. The van der Waals surface area contributed by atoms with Gasteiger partial charge >= 0.3 is 0 Å². The minimum atomic E-state index is -3.16. The molecule has 2 N–H and O–H groups in total. The third-order valence-electron chi connectivity index (χ3n) is 3.35. The van der Waals surface area contributed by atoms with Crippen LogP contribution in [0.4, 0.5) is 0 Å². The molecule has 1 aromatic carbocycles. The van der Waals surface area contributed by atoms with Gasteiger partial charge in [-0.3, -0.25) is 4.98 Å². The largest absolute Gasteiger partial charge is 0.317 e. The maximum atomic E-state index is 12.1. The lowest BCUT2D eigenvalue weighted by atomic mass is 10.2. The number of fused-ring (bicyclic) bond motifs is 1. The second kappa shape index (κ2) is 6.98. The number of nitrogens with one attached hydrogen (secondary N) is 1. The molecule has 0 aliphatic heterocycles. The van der Waals surface area contributed by atoms with E-state index in [4.69, 9.17) is 5.21 Å². The summed E-state index contributed by atoms with van der Waals surface area (Å²) in [5, 5.41) is 9.64. The molecule has 21 heavy (non-hydrogen) atoms. The van der Waals surface area contributed by atoms with Gasteiger partial charge in [-0.1, -0.05) is 18.2 Å². The highest BCUT2D eigenvalue weighted by molar-refractivity contribution is 7.90. The molecule has 6 heteroatoms. The predicted molar refractivity (Wildman–Crippen MR) is 82.9 cm³/mol. The van der Waals surface area contributed by atoms with E-state index in [2.05, 4.69) is 10.5 Å². The van der Waals surface area contributed by atoms with Gasteiger partial charge in [-0.05, 0) is 37.5 Å². The maximum absolute atomic E-state index is 12.1. The molecule has 0 saturated carbocycles. The summed E-state index contributed by atoms with van der Waals surface area (Å²) in [6.07, 6.45) is 2.77. The topological polar surface area (TPSA) is 79.3 Å². The molecule has 0 aliphatic rings. The first-order valence-electron chi connectivity index (χ1n) is 6.94. The van der Waals surface area contributed by atoms with E-state index in [-0.39, 0.29) is 17.5 Å². The van der Waals surface area contributed by atoms with Gasteiger partial charge in [0.25, 0.3) is 0 Å². The number of hydrogen-bond acceptors (Lipinski definition) is 5. The molecule has 1 aromatic heterocycles. The lowest BCUT2D eigenvalue weighted by molar-refractivity contribution is 0.129. The molecule has 2 rings (SSSR count). The number of para-hydroxylation sites is 1. The Morgan fingerprint density at radius 3 is 2.86 bits per heavy atom. The summed E-state index contributed by atoms with van der Waals surface area (Å²) in [5.41, 5.74) is 3.69. The summed E-state index contributed by atoms with van der Waals surface area (Å²) >= 11 is 0. The third-order valence-corrected chi connectivity index (χ3v) is 5.03. The Morgan fingerprint density at radius 2 is 2.10 bits per heavy atom. The van der Waals surface area contributed by atoms with Crippen molar-refractivity contribution in [2.75, 3.05) is 5.75 Å². The summed E-state index contributed by atoms with van der Waals surface area (Å²) in [6.45, 7) is 1.81. The highest BCUT2D eigenvalue weighted by atomic mass is 32.2. The van der Waals surface area contributed by atoms with Crippen LogP contribution in [-0.2, 0) is 15.6 Å². The SMILES string of the molecule is CC(CCCS(=O)(=O)Cc1cnc2ccccc2c1)NO. The highest BCUT2D eigenvalue weighted by Crippen LogP contribution is 2.15. The van der Waals surface area contributed by atoms with E-state index in [0.29, 0.717) is 18.4 Å². The van der Waals surface area contributed by atoms with Crippen molar-refractivity contribution in [1.82, 2.24) is 10.5 Å². The first-order valence-corrected chi connectivity index (χ1v) is 8.76. The van der Waals surface area contributed by atoms with Gasteiger partial charge in [-0.25, -0.2) is 13.9 Å². The van der Waals surface area contributed by atoms with Crippen LogP contribution >= 0.6 is 0 Å². The number of rotatable bonds is 7. The van der Waals surface area contributed by atoms with E-state index < -0.39 is 9.84 Å². The molecule has 1 unspecified atom stereocenters. The molecule has 1 atom stereocenters. The van der Waals surface area contributed by atoms with E-state index >= 15 is 0 Å². The van der Waals surface area contributed by atoms with Gasteiger partial charge < -0.3 is 5.21 Å². The molecule has 0 bridgehead atoms. The Balaban J connectivity index is 2.01. The zero-order valence-electron chi connectivity index (χ0n) is 12.0. The van der Waals surface area contributed by atoms with Crippen molar-refractivity contribution < 1.29 is 13.6 Å². The Bertz CT molecular complexity index is 701. The maximum Gasteiger partial charge on any atom is 0.154 e. The lowest BCUT2D eigenvalue weighted by Crippen LogP contribution is -2.22. The number of hydroxylamine groups is 1.